The highest BCUT2D eigenvalue weighted by Crippen LogP contribution is 2.30. The third-order valence-electron chi connectivity index (χ3n) is 2.57. The summed E-state index contributed by atoms with van der Waals surface area (Å²) in [7, 11) is 0. The molecule has 1 aromatic rings. The highest BCUT2D eigenvalue weighted by molar-refractivity contribution is 7.07. The smallest absolute Gasteiger partial charge is 0.363 e. The molecule has 2 rings (SSSR count). The lowest BCUT2D eigenvalue weighted by Gasteiger charge is -2.13. The monoisotopic (exact) mass is 278 g/mol. The maximum absolute atomic E-state index is 11.6. The van der Waals surface area contributed by atoms with E-state index < -0.39 is 36.8 Å². The molecule has 18 heavy (non-hydrogen) atoms. The minimum atomic E-state index is -1.30. The van der Waals surface area contributed by atoms with Crippen LogP contribution in [0.3, 0.4) is 0 Å². The first-order valence-corrected chi connectivity index (χ1v) is 6.21. The largest absolute Gasteiger partial charge is 0.469 e. The number of ether oxygens (including phenoxy) is 2. The Kier molecular flexibility index (Phi) is 3.97. The van der Waals surface area contributed by atoms with Gasteiger partial charge in [0.05, 0.1) is 13.2 Å². The summed E-state index contributed by atoms with van der Waals surface area (Å²) in [6.45, 7) is 1.67. The molecule has 0 aliphatic carbocycles. The van der Waals surface area contributed by atoms with Gasteiger partial charge in [-0.1, -0.05) is 0 Å². The number of hydrogen-bond donors (Lipinski definition) is 3. The molecule has 0 saturated carbocycles. The van der Waals surface area contributed by atoms with Gasteiger partial charge in [-0.05, 0) is 6.92 Å². The molecule has 0 spiro atoms. The lowest BCUT2D eigenvalue weighted by molar-refractivity contribution is -0.0493. The van der Waals surface area contributed by atoms with Gasteiger partial charge in [0.2, 0.25) is 0 Å². The Bertz CT molecular complexity index is 460. The number of aliphatic hydroxyl groups is 3. The summed E-state index contributed by atoms with van der Waals surface area (Å²) < 4.78 is 11.4. The minimum absolute atomic E-state index is 0.167. The lowest BCUT2D eigenvalue weighted by atomic mass is 10.1. The van der Waals surface area contributed by atoms with Crippen molar-refractivity contribution in [2.75, 3.05) is 13.2 Å². The van der Waals surface area contributed by atoms with E-state index in [1.165, 1.54) is 0 Å². The Morgan fingerprint density at radius 3 is 2.78 bits per heavy atom. The van der Waals surface area contributed by atoms with Gasteiger partial charge in [-0.15, -0.1) is 4.98 Å². The minimum Gasteiger partial charge on any atom is -0.469 e. The van der Waals surface area contributed by atoms with E-state index in [-0.39, 0.29) is 5.19 Å². The van der Waals surface area contributed by atoms with E-state index in [9.17, 15) is 15.0 Å². The fraction of sp³-hybridized carbons (Fsp3) is 0.778. The van der Waals surface area contributed by atoms with E-state index in [4.69, 9.17) is 14.6 Å². The first-order valence-electron chi connectivity index (χ1n) is 5.43. The second-order valence-corrected chi connectivity index (χ2v) is 4.66. The number of aliphatic hydroxyl groups excluding tert-OH is 3. The molecule has 9 heteroatoms. The summed E-state index contributed by atoms with van der Waals surface area (Å²) >= 11 is 0.893. The quantitative estimate of drug-likeness (QED) is 0.602. The molecule has 0 unspecified atom stereocenters. The van der Waals surface area contributed by atoms with E-state index >= 15 is 0 Å². The van der Waals surface area contributed by atoms with Gasteiger partial charge in [0.15, 0.2) is 6.23 Å². The molecule has 0 bridgehead atoms. The number of hydrogen-bond acceptors (Lipinski definition) is 8. The molecular weight excluding hydrogens is 264 g/mol. The maximum atomic E-state index is 11.6. The van der Waals surface area contributed by atoms with Crippen LogP contribution >= 0.6 is 11.5 Å². The summed E-state index contributed by atoms with van der Waals surface area (Å²) in [6, 6.07) is 0. The Morgan fingerprint density at radius 1 is 1.50 bits per heavy atom. The zero-order chi connectivity index (χ0) is 13.3. The van der Waals surface area contributed by atoms with E-state index in [1.54, 1.807) is 6.92 Å². The first-order chi connectivity index (χ1) is 8.58. The molecule has 0 radical (unpaired) electrons. The summed E-state index contributed by atoms with van der Waals surface area (Å²) in [5, 5.41) is 28.5. The van der Waals surface area contributed by atoms with Gasteiger partial charge >= 0.3 is 5.69 Å². The van der Waals surface area contributed by atoms with Crippen LogP contribution in [-0.4, -0.2) is 55.8 Å². The average Bonchev–Trinajstić information content (AvgIpc) is 2.83. The molecule has 2 heterocycles. The second kappa shape index (κ2) is 5.33. The van der Waals surface area contributed by atoms with Crippen LogP contribution in [0.4, 0.5) is 0 Å². The predicted octanol–water partition coefficient (Wildman–Crippen LogP) is -1.68. The van der Waals surface area contributed by atoms with Crippen LogP contribution in [0.15, 0.2) is 4.79 Å². The SMILES string of the molecule is CCOc1nc(=O)n([C@H]2O[C@@H](CO)[C@@H](O)[C@H]2O)s1. The van der Waals surface area contributed by atoms with Crippen molar-refractivity contribution >= 4 is 11.5 Å². The van der Waals surface area contributed by atoms with Crippen LogP contribution < -0.4 is 10.4 Å². The van der Waals surface area contributed by atoms with Crippen molar-refractivity contribution in [1.82, 2.24) is 8.94 Å². The topological polar surface area (TPSA) is 114 Å². The number of aromatic nitrogens is 2. The molecule has 8 nitrogen and oxygen atoms in total. The van der Waals surface area contributed by atoms with E-state index in [0.29, 0.717) is 6.61 Å². The molecule has 1 aromatic heterocycles. The maximum Gasteiger partial charge on any atom is 0.363 e. The van der Waals surface area contributed by atoms with Gasteiger partial charge in [-0.3, -0.25) is 0 Å². The van der Waals surface area contributed by atoms with Crippen molar-refractivity contribution in [2.45, 2.75) is 31.5 Å². The Labute approximate surface area is 106 Å². The van der Waals surface area contributed by atoms with Gasteiger partial charge < -0.3 is 24.8 Å². The van der Waals surface area contributed by atoms with Gasteiger partial charge in [0, 0.05) is 11.5 Å². The van der Waals surface area contributed by atoms with Crippen LogP contribution in [-0.2, 0) is 4.74 Å². The van der Waals surface area contributed by atoms with Crippen LogP contribution in [0.2, 0.25) is 0 Å². The summed E-state index contributed by atoms with van der Waals surface area (Å²) in [5.74, 6) is 0. The highest BCUT2D eigenvalue weighted by Gasteiger charge is 2.44. The molecule has 0 amide bonds. The first kappa shape index (κ1) is 13.4. The summed E-state index contributed by atoms with van der Waals surface area (Å²) in [6.07, 6.45) is -4.52. The molecular formula is C9H14N2O6S. The molecule has 4 atom stereocenters. The normalized spacial score (nSPS) is 31.8. The molecule has 1 saturated heterocycles. The molecule has 102 valence electrons. The van der Waals surface area contributed by atoms with Crippen molar-refractivity contribution in [3.05, 3.63) is 10.5 Å². The third kappa shape index (κ3) is 2.27. The van der Waals surface area contributed by atoms with Crippen molar-refractivity contribution in [3.8, 4) is 5.19 Å². The summed E-state index contributed by atoms with van der Waals surface area (Å²) in [4.78, 5) is 15.2. The number of rotatable bonds is 4. The van der Waals surface area contributed by atoms with Gasteiger partial charge in [0.25, 0.3) is 5.19 Å². The van der Waals surface area contributed by atoms with Crippen LogP contribution in [0.5, 0.6) is 5.19 Å². The molecule has 1 aliphatic rings. The number of nitrogens with zero attached hydrogens (tertiary/aromatic N) is 2. The van der Waals surface area contributed by atoms with Crippen molar-refractivity contribution in [2.24, 2.45) is 0 Å². The van der Waals surface area contributed by atoms with E-state index in [1.807, 2.05) is 0 Å². The fourth-order valence-electron chi connectivity index (χ4n) is 1.69. The molecule has 0 aromatic carbocycles. The molecule has 1 fully saturated rings. The van der Waals surface area contributed by atoms with Gasteiger partial charge in [-0.25, -0.2) is 8.75 Å². The Morgan fingerprint density at radius 2 is 2.22 bits per heavy atom. The van der Waals surface area contributed by atoms with Gasteiger partial charge in [-0.2, -0.15) is 0 Å². The van der Waals surface area contributed by atoms with E-state index in [0.717, 1.165) is 15.5 Å². The zero-order valence-corrected chi connectivity index (χ0v) is 10.4. The Balaban J connectivity index is 2.24. The second-order valence-electron chi connectivity index (χ2n) is 3.74. The van der Waals surface area contributed by atoms with Crippen molar-refractivity contribution < 1.29 is 24.8 Å². The standard InChI is InChI=1S/C9H14N2O6S/c1-2-16-9-10-8(15)11(18-9)7-6(14)5(13)4(3-12)17-7/h4-7,12-14H,2-3H2,1H3/t4-,5+,6+,7-/m0/s1. The van der Waals surface area contributed by atoms with Crippen molar-refractivity contribution in [1.29, 1.82) is 0 Å². The fourth-order valence-corrected chi connectivity index (χ4v) is 2.54. The third-order valence-corrected chi connectivity index (χ3v) is 3.49. The van der Waals surface area contributed by atoms with Crippen LogP contribution in [0, 0.1) is 0 Å². The summed E-state index contributed by atoms with van der Waals surface area (Å²) in [5.41, 5.74) is -0.627. The predicted molar refractivity (Wildman–Crippen MR) is 60.6 cm³/mol. The van der Waals surface area contributed by atoms with Crippen molar-refractivity contribution in [3.63, 3.8) is 0 Å². The molecule has 3 N–H and O–H groups in total. The zero-order valence-electron chi connectivity index (χ0n) is 9.59. The highest BCUT2D eigenvalue weighted by atomic mass is 32.1. The van der Waals surface area contributed by atoms with Crippen LogP contribution in [0.25, 0.3) is 0 Å². The van der Waals surface area contributed by atoms with Crippen LogP contribution in [0.1, 0.15) is 13.2 Å². The molecule has 1 aliphatic heterocycles. The van der Waals surface area contributed by atoms with E-state index in [2.05, 4.69) is 4.98 Å². The van der Waals surface area contributed by atoms with Gasteiger partial charge in [0.1, 0.15) is 18.3 Å². The average molecular weight is 278 g/mol. The lowest BCUT2D eigenvalue weighted by Crippen LogP contribution is -2.34. The Hall–Kier alpha value is -1.00.